The van der Waals surface area contributed by atoms with Crippen LogP contribution in [0.1, 0.15) is 124 Å². The Morgan fingerprint density at radius 2 is 1.90 bits per heavy atom. The number of carbonyl (C=O) groups is 1. The van der Waals surface area contributed by atoms with Gasteiger partial charge in [-0.3, -0.25) is 4.79 Å². The van der Waals surface area contributed by atoms with Crippen molar-refractivity contribution in [3.8, 4) is 0 Å². The van der Waals surface area contributed by atoms with Gasteiger partial charge >= 0.3 is 5.97 Å². The maximum Gasteiger partial charge on any atom is 0.306 e. The van der Waals surface area contributed by atoms with Gasteiger partial charge in [0.15, 0.2) is 0 Å². The summed E-state index contributed by atoms with van der Waals surface area (Å²) in [5.74, 6) is 1.82. The zero-order valence-corrected chi connectivity index (χ0v) is 19.7. The summed E-state index contributed by atoms with van der Waals surface area (Å²) in [7, 11) is 0. The highest BCUT2D eigenvalue weighted by Gasteiger charge is 2.44. The van der Waals surface area contributed by atoms with Gasteiger partial charge in [0.25, 0.3) is 0 Å². The molecule has 0 aliphatic heterocycles. The number of fused-ring (bicyclic) bond motifs is 2. The number of hydrogen-bond acceptors (Lipinski definition) is 2. The molecule has 1 unspecified atom stereocenters. The first kappa shape index (κ1) is 22.9. The summed E-state index contributed by atoms with van der Waals surface area (Å²) < 4.78 is 5.91. The van der Waals surface area contributed by atoms with Crippen molar-refractivity contribution in [3.63, 3.8) is 0 Å². The van der Waals surface area contributed by atoms with Crippen molar-refractivity contribution in [3.05, 3.63) is 11.6 Å². The highest BCUT2D eigenvalue weighted by atomic mass is 16.5. The van der Waals surface area contributed by atoms with Gasteiger partial charge < -0.3 is 4.74 Å². The van der Waals surface area contributed by atoms with Crippen LogP contribution in [-0.4, -0.2) is 12.1 Å². The second-order valence-electron chi connectivity index (χ2n) is 11.1. The molecule has 0 aromatic heterocycles. The zero-order valence-electron chi connectivity index (χ0n) is 19.7. The molecule has 0 aromatic carbocycles. The Bertz CT molecular complexity index is 579. The van der Waals surface area contributed by atoms with Gasteiger partial charge in [-0.05, 0) is 80.5 Å². The zero-order chi connectivity index (χ0) is 20.9. The molecule has 0 spiro atoms. The molecule has 0 saturated heterocycles. The summed E-state index contributed by atoms with van der Waals surface area (Å²) in [6.07, 6.45) is 20.5. The highest BCUT2D eigenvalue weighted by molar-refractivity contribution is 5.69. The van der Waals surface area contributed by atoms with Crippen LogP contribution in [0.4, 0.5) is 0 Å². The predicted octanol–water partition coefficient (Wildman–Crippen LogP) is 8.00. The van der Waals surface area contributed by atoms with E-state index in [0.717, 1.165) is 37.5 Å². The van der Waals surface area contributed by atoms with E-state index in [9.17, 15) is 4.79 Å². The second kappa shape index (κ2) is 10.0. The third kappa shape index (κ3) is 5.47. The van der Waals surface area contributed by atoms with Crippen molar-refractivity contribution in [2.45, 2.75) is 130 Å². The molecule has 3 aliphatic rings. The summed E-state index contributed by atoms with van der Waals surface area (Å²) in [6, 6.07) is 0. The van der Waals surface area contributed by atoms with Gasteiger partial charge in [0.05, 0.1) is 0 Å². The summed E-state index contributed by atoms with van der Waals surface area (Å²) in [6.45, 7) is 9.77. The Balaban J connectivity index is 1.59. The Hall–Kier alpha value is -0.790. The van der Waals surface area contributed by atoms with E-state index in [1.165, 1.54) is 64.2 Å². The van der Waals surface area contributed by atoms with E-state index >= 15 is 0 Å². The fraction of sp³-hybridized carbons (Fsp3) is 0.889. The van der Waals surface area contributed by atoms with E-state index in [4.69, 9.17) is 4.74 Å². The van der Waals surface area contributed by atoms with Crippen LogP contribution in [0.15, 0.2) is 11.6 Å². The average molecular weight is 403 g/mol. The van der Waals surface area contributed by atoms with E-state index in [2.05, 4.69) is 33.8 Å². The summed E-state index contributed by atoms with van der Waals surface area (Å²) in [5, 5.41) is 0. The van der Waals surface area contributed by atoms with Crippen LogP contribution in [0.25, 0.3) is 0 Å². The fourth-order valence-corrected chi connectivity index (χ4v) is 6.65. The minimum absolute atomic E-state index is 0.0332. The van der Waals surface area contributed by atoms with E-state index in [1.54, 1.807) is 5.57 Å². The van der Waals surface area contributed by atoms with Gasteiger partial charge in [-0.25, -0.2) is 0 Å². The summed E-state index contributed by atoms with van der Waals surface area (Å²) in [4.78, 5) is 12.3. The smallest absolute Gasteiger partial charge is 0.306 e. The maximum atomic E-state index is 12.3. The molecule has 3 rings (SSSR count). The molecule has 2 nitrogen and oxygen atoms in total. The van der Waals surface area contributed by atoms with Crippen LogP contribution >= 0.6 is 0 Å². The number of esters is 1. The van der Waals surface area contributed by atoms with E-state index in [-0.39, 0.29) is 12.1 Å². The number of allylic oxidation sites excluding steroid dienone is 1. The number of rotatable bonds is 6. The van der Waals surface area contributed by atoms with Gasteiger partial charge in [-0.15, -0.1) is 0 Å². The van der Waals surface area contributed by atoms with Crippen LogP contribution in [0.5, 0.6) is 0 Å². The molecule has 0 aromatic rings. The first-order chi connectivity index (χ1) is 13.9. The normalized spacial score (nSPS) is 39.7. The van der Waals surface area contributed by atoms with Gasteiger partial charge in [0, 0.05) is 12.8 Å². The molecule has 2 fully saturated rings. The molecule has 3 aliphatic carbocycles. The third-order valence-corrected chi connectivity index (χ3v) is 9.13. The quantitative estimate of drug-likeness (QED) is 0.255. The van der Waals surface area contributed by atoms with Gasteiger partial charge in [0.1, 0.15) is 6.10 Å². The minimum atomic E-state index is 0.0332. The first-order valence-corrected chi connectivity index (χ1v) is 12.8. The fourth-order valence-electron chi connectivity index (χ4n) is 6.65. The van der Waals surface area contributed by atoms with Gasteiger partial charge in [-0.2, -0.15) is 0 Å². The van der Waals surface area contributed by atoms with Crippen molar-refractivity contribution < 1.29 is 9.53 Å². The largest absolute Gasteiger partial charge is 0.462 e. The Morgan fingerprint density at radius 1 is 1.07 bits per heavy atom. The lowest BCUT2D eigenvalue weighted by atomic mass is 9.63. The Morgan fingerprint density at radius 3 is 2.69 bits per heavy atom. The van der Waals surface area contributed by atoms with Gasteiger partial charge in [-0.1, -0.05) is 65.0 Å². The van der Waals surface area contributed by atoms with E-state index < -0.39 is 0 Å². The van der Waals surface area contributed by atoms with Crippen LogP contribution in [0.3, 0.4) is 0 Å². The monoisotopic (exact) mass is 402 g/mol. The predicted molar refractivity (Wildman–Crippen MR) is 122 cm³/mol. The van der Waals surface area contributed by atoms with E-state index in [0.29, 0.717) is 17.3 Å². The standard InChI is InChI=1S/C27H46O2/c1-5-6-7-8-13-25(28)29-24-16-19-26(3)17-10-18-27(4)21(2)14-15-22(27)11-9-12-23(26)20-24/h12,21-22,24H,5-11,13-20H2,1-4H3/b23-12-/t21-,22?,24-,26-,27+/m0/s1. The average Bonchev–Trinajstić information content (AvgIpc) is 2.96. The molecule has 0 radical (unpaired) electrons. The topological polar surface area (TPSA) is 26.3 Å². The van der Waals surface area contributed by atoms with Crippen LogP contribution in [0, 0.1) is 22.7 Å². The molecule has 2 heteroatoms. The van der Waals surface area contributed by atoms with Gasteiger partial charge in [0.2, 0.25) is 0 Å². The minimum Gasteiger partial charge on any atom is -0.462 e. The highest BCUT2D eigenvalue weighted by Crippen LogP contribution is 2.55. The first-order valence-electron chi connectivity index (χ1n) is 12.8. The van der Waals surface area contributed by atoms with Crippen molar-refractivity contribution in [1.82, 2.24) is 0 Å². The molecule has 0 heterocycles. The number of ether oxygens (including phenoxy) is 1. The lowest BCUT2D eigenvalue weighted by Crippen LogP contribution is -2.34. The number of hydrogen-bond donors (Lipinski definition) is 0. The summed E-state index contributed by atoms with van der Waals surface area (Å²) >= 11 is 0. The second-order valence-corrected chi connectivity index (χ2v) is 11.1. The Labute approximate surface area is 180 Å². The summed E-state index contributed by atoms with van der Waals surface area (Å²) in [5.41, 5.74) is 2.49. The van der Waals surface area contributed by atoms with Crippen molar-refractivity contribution in [2.24, 2.45) is 22.7 Å². The molecule has 0 N–H and O–H groups in total. The molecule has 2 saturated carbocycles. The molecular weight excluding hydrogens is 356 g/mol. The SMILES string of the molecule is CCCCCCC(=O)O[C@H]1CC[C@]2(C)CCC[C@@]3(C)C(CC/C=C\2C1)CC[C@@H]3C. The van der Waals surface area contributed by atoms with Crippen LogP contribution in [0.2, 0.25) is 0 Å². The number of unbranched alkanes of at least 4 members (excludes halogenated alkanes) is 3. The molecule has 0 bridgehead atoms. The molecule has 166 valence electrons. The molecule has 5 atom stereocenters. The molecular formula is C27H46O2. The van der Waals surface area contributed by atoms with Crippen molar-refractivity contribution >= 4 is 5.97 Å². The molecule has 29 heavy (non-hydrogen) atoms. The van der Waals surface area contributed by atoms with Crippen molar-refractivity contribution in [1.29, 1.82) is 0 Å². The Kier molecular flexibility index (Phi) is 7.90. The lowest BCUT2D eigenvalue weighted by Gasteiger charge is -2.43. The van der Waals surface area contributed by atoms with Crippen LogP contribution in [-0.2, 0) is 9.53 Å². The number of carbonyl (C=O) groups excluding carboxylic acids is 1. The maximum absolute atomic E-state index is 12.3. The van der Waals surface area contributed by atoms with Crippen LogP contribution < -0.4 is 0 Å². The molecule has 0 amide bonds. The van der Waals surface area contributed by atoms with E-state index in [1.807, 2.05) is 0 Å². The van der Waals surface area contributed by atoms with Crippen molar-refractivity contribution in [2.75, 3.05) is 0 Å². The third-order valence-electron chi connectivity index (χ3n) is 9.13. The lowest BCUT2D eigenvalue weighted by molar-refractivity contribution is -0.150.